The molecule has 1 aromatic carbocycles. The predicted octanol–water partition coefficient (Wildman–Crippen LogP) is 3.19. The lowest BCUT2D eigenvalue weighted by Gasteiger charge is -2.13. The van der Waals surface area contributed by atoms with Gasteiger partial charge in [0, 0.05) is 31.9 Å². The van der Waals surface area contributed by atoms with Crippen molar-refractivity contribution in [3.05, 3.63) is 53.3 Å². The number of aromatic nitrogens is 1. The third-order valence-electron chi connectivity index (χ3n) is 5.32. The van der Waals surface area contributed by atoms with E-state index in [1.165, 1.54) is 26.7 Å². The zero-order chi connectivity index (χ0) is 21.7. The molecule has 8 heteroatoms. The first-order chi connectivity index (χ1) is 14.3. The molecule has 0 amide bonds. The minimum absolute atomic E-state index is 0.0628. The molecule has 3 rings (SSSR count). The summed E-state index contributed by atoms with van der Waals surface area (Å²) in [4.78, 5) is 24.8. The van der Waals surface area contributed by atoms with E-state index in [4.69, 9.17) is 4.74 Å². The lowest BCUT2D eigenvalue weighted by molar-refractivity contribution is 0.0465. The number of carbonyl (C=O) groups is 2. The van der Waals surface area contributed by atoms with Crippen LogP contribution in [0.2, 0.25) is 0 Å². The fourth-order valence-corrected chi connectivity index (χ4v) is 5.07. The number of ketones is 1. The van der Waals surface area contributed by atoms with Crippen LogP contribution in [0.4, 0.5) is 0 Å². The number of ether oxygens (including phenoxy) is 1. The van der Waals surface area contributed by atoms with Gasteiger partial charge < -0.3 is 9.30 Å². The maximum absolute atomic E-state index is 12.7. The lowest BCUT2D eigenvalue weighted by atomic mass is 10.0. The molecule has 2 heterocycles. The second-order valence-electron chi connectivity index (χ2n) is 7.58. The van der Waals surface area contributed by atoms with Crippen molar-refractivity contribution < 1.29 is 22.7 Å². The van der Waals surface area contributed by atoms with Crippen molar-refractivity contribution in [3.8, 4) is 0 Å². The summed E-state index contributed by atoms with van der Waals surface area (Å²) in [5, 5.41) is 0. The van der Waals surface area contributed by atoms with Crippen molar-refractivity contribution in [1.82, 2.24) is 8.87 Å². The molecule has 0 radical (unpaired) electrons. The van der Waals surface area contributed by atoms with Crippen LogP contribution in [0.25, 0.3) is 0 Å². The van der Waals surface area contributed by atoms with Gasteiger partial charge in [-0.05, 0) is 37.3 Å². The molecule has 0 aliphatic carbocycles. The van der Waals surface area contributed by atoms with Gasteiger partial charge in [-0.3, -0.25) is 4.79 Å². The number of Topliss-reactive ketones (excluding diaryl/α,β-unsaturated/α-hetero) is 1. The van der Waals surface area contributed by atoms with Crippen LogP contribution >= 0.6 is 0 Å². The van der Waals surface area contributed by atoms with Crippen molar-refractivity contribution in [2.24, 2.45) is 7.05 Å². The van der Waals surface area contributed by atoms with Crippen LogP contribution in [-0.2, 0) is 28.2 Å². The third kappa shape index (κ3) is 4.99. The first kappa shape index (κ1) is 22.2. The fraction of sp³-hybridized carbons (Fsp3) is 0.455. The topological polar surface area (TPSA) is 85.7 Å². The number of unbranched alkanes of at least 4 members (excludes halogenated alkanes) is 1. The van der Waals surface area contributed by atoms with Crippen molar-refractivity contribution in [2.75, 3.05) is 19.7 Å². The summed E-state index contributed by atoms with van der Waals surface area (Å²) in [7, 11) is -2.04. The maximum atomic E-state index is 12.7. The Labute approximate surface area is 177 Å². The third-order valence-corrected chi connectivity index (χ3v) is 7.19. The number of rotatable bonds is 9. The molecule has 0 spiro atoms. The standard InChI is InChI=1S/C22H28N2O5S/c1-3-4-7-17-8-10-18(11-9-17)21(25)16-29-22(26)20-14-19(15-23(20)2)30(27,28)24-12-5-6-13-24/h8-11,14-15H,3-7,12-13,16H2,1-2H3. The maximum Gasteiger partial charge on any atom is 0.355 e. The van der Waals surface area contributed by atoms with E-state index in [1.54, 1.807) is 19.2 Å². The van der Waals surface area contributed by atoms with Crippen LogP contribution in [0.3, 0.4) is 0 Å². The Balaban J connectivity index is 1.62. The Kier molecular flexibility index (Phi) is 7.10. The predicted molar refractivity (Wildman–Crippen MR) is 113 cm³/mol. The largest absolute Gasteiger partial charge is 0.453 e. The molecule has 0 atom stereocenters. The smallest absolute Gasteiger partial charge is 0.355 e. The van der Waals surface area contributed by atoms with Crippen LogP contribution in [0.1, 0.15) is 59.0 Å². The summed E-state index contributed by atoms with van der Waals surface area (Å²) in [5.74, 6) is -1.03. The second kappa shape index (κ2) is 9.57. The Morgan fingerprint density at radius 2 is 1.77 bits per heavy atom. The van der Waals surface area contributed by atoms with Gasteiger partial charge in [0.05, 0.1) is 0 Å². The molecule has 1 aliphatic heterocycles. The number of aryl methyl sites for hydroxylation is 2. The van der Waals surface area contributed by atoms with Crippen molar-refractivity contribution in [2.45, 2.75) is 43.9 Å². The molecule has 0 N–H and O–H groups in total. The number of hydrogen-bond acceptors (Lipinski definition) is 5. The van der Waals surface area contributed by atoms with E-state index < -0.39 is 22.6 Å². The summed E-state index contributed by atoms with van der Waals surface area (Å²) in [5.41, 5.74) is 1.74. The van der Waals surface area contributed by atoms with Gasteiger partial charge in [-0.2, -0.15) is 4.31 Å². The van der Waals surface area contributed by atoms with Gasteiger partial charge in [0.15, 0.2) is 12.4 Å². The van der Waals surface area contributed by atoms with Gasteiger partial charge in [-0.25, -0.2) is 13.2 Å². The van der Waals surface area contributed by atoms with Crippen LogP contribution in [0.15, 0.2) is 41.4 Å². The molecule has 7 nitrogen and oxygen atoms in total. The summed E-state index contributed by atoms with van der Waals surface area (Å²) in [6.45, 7) is 2.71. The monoisotopic (exact) mass is 432 g/mol. The molecule has 1 fully saturated rings. The minimum Gasteiger partial charge on any atom is -0.453 e. The highest BCUT2D eigenvalue weighted by molar-refractivity contribution is 7.89. The van der Waals surface area contributed by atoms with Crippen molar-refractivity contribution in [3.63, 3.8) is 0 Å². The molecule has 0 bridgehead atoms. The summed E-state index contributed by atoms with van der Waals surface area (Å²) >= 11 is 0. The van der Waals surface area contributed by atoms with Gasteiger partial charge in [0.25, 0.3) is 0 Å². The number of esters is 1. The summed E-state index contributed by atoms with van der Waals surface area (Å²) in [6, 6.07) is 8.62. The second-order valence-corrected chi connectivity index (χ2v) is 9.52. The number of nitrogens with zero attached hydrogens (tertiary/aromatic N) is 2. The van der Waals surface area contributed by atoms with Crippen LogP contribution in [-0.4, -0.2) is 48.7 Å². The zero-order valence-corrected chi connectivity index (χ0v) is 18.3. The molecule has 1 aliphatic rings. The minimum atomic E-state index is -3.62. The molecule has 2 aromatic rings. The Morgan fingerprint density at radius 1 is 1.10 bits per heavy atom. The molecule has 0 unspecified atom stereocenters. The molecule has 162 valence electrons. The Hall–Kier alpha value is -2.45. The molecule has 1 saturated heterocycles. The summed E-state index contributed by atoms with van der Waals surface area (Å²) in [6.07, 6.45) is 6.25. The van der Waals surface area contributed by atoms with E-state index in [-0.39, 0.29) is 16.4 Å². The van der Waals surface area contributed by atoms with Gasteiger partial charge in [-0.15, -0.1) is 0 Å². The SMILES string of the molecule is CCCCc1ccc(C(=O)COC(=O)c2cc(S(=O)(=O)N3CCCC3)cn2C)cc1. The average Bonchev–Trinajstić information content (AvgIpc) is 3.41. The zero-order valence-electron chi connectivity index (χ0n) is 17.5. The van der Waals surface area contributed by atoms with E-state index in [9.17, 15) is 18.0 Å². The van der Waals surface area contributed by atoms with E-state index in [2.05, 4.69) is 6.92 Å². The van der Waals surface area contributed by atoms with Crippen LogP contribution < -0.4 is 0 Å². The number of carbonyl (C=O) groups excluding carboxylic acids is 2. The van der Waals surface area contributed by atoms with Gasteiger partial charge >= 0.3 is 5.97 Å². The van der Waals surface area contributed by atoms with Crippen LogP contribution in [0.5, 0.6) is 0 Å². The highest BCUT2D eigenvalue weighted by Gasteiger charge is 2.29. The van der Waals surface area contributed by atoms with E-state index in [0.717, 1.165) is 32.1 Å². The summed E-state index contributed by atoms with van der Waals surface area (Å²) < 4.78 is 33.3. The molecular formula is C22H28N2O5S. The average molecular weight is 433 g/mol. The van der Waals surface area contributed by atoms with E-state index in [0.29, 0.717) is 18.7 Å². The highest BCUT2D eigenvalue weighted by Crippen LogP contribution is 2.23. The van der Waals surface area contributed by atoms with E-state index >= 15 is 0 Å². The van der Waals surface area contributed by atoms with Crippen molar-refractivity contribution >= 4 is 21.8 Å². The first-order valence-corrected chi connectivity index (χ1v) is 11.7. The normalized spacial score (nSPS) is 14.7. The number of hydrogen-bond donors (Lipinski definition) is 0. The van der Waals surface area contributed by atoms with Crippen molar-refractivity contribution in [1.29, 1.82) is 0 Å². The molecule has 30 heavy (non-hydrogen) atoms. The quantitative estimate of drug-likeness (QED) is 0.449. The number of sulfonamides is 1. The van der Waals surface area contributed by atoms with Gasteiger partial charge in [-0.1, -0.05) is 37.6 Å². The molecular weight excluding hydrogens is 404 g/mol. The van der Waals surface area contributed by atoms with Crippen LogP contribution in [0, 0.1) is 0 Å². The fourth-order valence-electron chi connectivity index (χ4n) is 3.48. The Morgan fingerprint density at radius 3 is 2.40 bits per heavy atom. The van der Waals surface area contributed by atoms with Gasteiger partial charge in [0.2, 0.25) is 10.0 Å². The lowest BCUT2D eigenvalue weighted by Crippen LogP contribution is -2.27. The van der Waals surface area contributed by atoms with E-state index in [1.807, 2.05) is 12.1 Å². The Bertz CT molecular complexity index is 1000. The number of benzene rings is 1. The molecule has 1 aromatic heterocycles. The van der Waals surface area contributed by atoms with Gasteiger partial charge in [0.1, 0.15) is 10.6 Å². The first-order valence-electron chi connectivity index (χ1n) is 10.3. The molecule has 0 saturated carbocycles. The highest BCUT2D eigenvalue weighted by atomic mass is 32.2.